The minimum absolute atomic E-state index is 0. The summed E-state index contributed by atoms with van der Waals surface area (Å²) in [5, 5.41) is 7.34. The molecule has 1 fully saturated rings. The number of likely N-dealkylation sites (N-methyl/N-ethyl adjacent to an activating group) is 1. The van der Waals surface area contributed by atoms with Gasteiger partial charge in [-0.25, -0.2) is 0 Å². The maximum absolute atomic E-state index is 12.0. The Balaban J connectivity index is 0.00000144. The Bertz CT molecular complexity index is 339. The Morgan fingerprint density at radius 2 is 2.11 bits per heavy atom. The van der Waals surface area contributed by atoms with E-state index >= 15 is 0 Å². The molecular weight excluding hydrogens is 275 g/mol. The second kappa shape index (κ2) is 8.34. The van der Waals surface area contributed by atoms with Crippen molar-refractivity contribution in [2.75, 3.05) is 20.1 Å². The van der Waals surface area contributed by atoms with Gasteiger partial charge in [-0.15, -0.1) is 24.8 Å². The molecule has 0 radical (unpaired) electrons. The first-order valence-electron chi connectivity index (χ1n) is 5.71. The van der Waals surface area contributed by atoms with Gasteiger partial charge < -0.3 is 10.2 Å². The third kappa shape index (κ3) is 4.48. The van der Waals surface area contributed by atoms with Crippen molar-refractivity contribution in [1.82, 2.24) is 20.0 Å². The highest BCUT2D eigenvalue weighted by Crippen LogP contribution is 2.10. The van der Waals surface area contributed by atoms with E-state index in [1.165, 1.54) is 0 Å². The Hall–Kier alpha value is -0.780. The van der Waals surface area contributed by atoms with Gasteiger partial charge in [-0.2, -0.15) is 5.10 Å². The molecular formula is C11H20Cl2N4O. The van der Waals surface area contributed by atoms with E-state index in [0.717, 1.165) is 25.9 Å². The van der Waals surface area contributed by atoms with Gasteiger partial charge in [-0.3, -0.25) is 9.48 Å². The number of halogens is 2. The van der Waals surface area contributed by atoms with E-state index in [4.69, 9.17) is 0 Å². The predicted molar refractivity (Wildman–Crippen MR) is 75.4 cm³/mol. The molecule has 1 aliphatic rings. The highest BCUT2D eigenvalue weighted by atomic mass is 35.5. The third-order valence-electron chi connectivity index (χ3n) is 3.11. The van der Waals surface area contributed by atoms with E-state index in [-0.39, 0.29) is 30.7 Å². The van der Waals surface area contributed by atoms with Crippen LogP contribution in [0, 0.1) is 0 Å². The second-order valence-corrected chi connectivity index (χ2v) is 4.19. The lowest BCUT2D eigenvalue weighted by atomic mass is 10.1. The second-order valence-electron chi connectivity index (χ2n) is 4.19. The molecule has 1 amide bonds. The molecule has 0 aromatic carbocycles. The summed E-state index contributed by atoms with van der Waals surface area (Å²) in [7, 11) is 1.89. The van der Waals surface area contributed by atoms with Crippen LogP contribution in [-0.4, -0.2) is 46.8 Å². The molecule has 2 heterocycles. The Morgan fingerprint density at radius 1 is 1.44 bits per heavy atom. The Kier molecular flexibility index (Phi) is 7.98. The van der Waals surface area contributed by atoms with Gasteiger partial charge >= 0.3 is 0 Å². The molecule has 7 heteroatoms. The number of amides is 1. The van der Waals surface area contributed by atoms with E-state index in [1.54, 1.807) is 10.9 Å². The van der Waals surface area contributed by atoms with Gasteiger partial charge in [0.15, 0.2) is 0 Å². The van der Waals surface area contributed by atoms with Gasteiger partial charge in [0.1, 0.15) is 6.54 Å². The number of hydrogen-bond donors (Lipinski definition) is 1. The van der Waals surface area contributed by atoms with Gasteiger partial charge in [0, 0.05) is 25.5 Å². The van der Waals surface area contributed by atoms with Crippen molar-refractivity contribution in [3.8, 4) is 0 Å². The minimum atomic E-state index is 0. The quantitative estimate of drug-likeness (QED) is 0.903. The predicted octanol–water partition coefficient (Wildman–Crippen LogP) is 0.937. The average Bonchev–Trinajstić information content (AvgIpc) is 2.82. The zero-order valence-corrected chi connectivity index (χ0v) is 12.0. The van der Waals surface area contributed by atoms with Gasteiger partial charge in [0.2, 0.25) is 5.91 Å². The molecule has 0 atom stereocenters. The van der Waals surface area contributed by atoms with Crippen molar-refractivity contribution < 1.29 is 4.79 Å². The highest BCUT2D eigenvalue weighted by molar-refractivity contribution is 5.85. The van der Waals surface area contributed by atoms with Crippen LogP contribution in [0.5, 0.6) is 0 Å². The van der Waals surface area contributed by atoms with Crippen molar-refractivity contribution in [3.05, 3.63) is 18.5 Å². The highest BCUT2D eigenvalue weighted by Gasteiger charge is 2.21. The lowest BCUT2D eigenvalue weighted by molar-refractivity contribution is -0.133. The third-order valence-corrected chi connectivity index (χ3v) is 3.11. The first kappa shape index (κ1) is 17.2. The van der Waals surface area contributed by atoms with Crippen LogP contribution in [0.1, 0.15) is 12.8 Å². The summed E-state index contributed by atoms with van der Waals surface area (Å²) in [6.07, 6.45) is 5.59. The average molecular weight is 295 g/mol. The van der Waals surface area contributed by atoms with Crippen LogP contribution in [0.15, 0.2) is 18.5 Å². The number of carbonyl (C=O) groups is 1. The SMILES string of the molecule is CN(C(=O)Cn1cccn1)C1CCNCC1.Cl.Cl. The van der Waals surface area contributed by atoms with Gasteiger partial charge in [-0.05, 0) is 32.0 Å². The van der Waals surface area contributed by atoms with Crippen LogP contribution in [0.2, 0.25) is 0 Å². The van der Waals surface area contributed by atoms with E-state index in [0.29, 0.717) is 12.6 Å². The van der Waals surface area contributed by atoms with Crippen molar-refractivity contribution in [2.24, 2.45) is 0 Å². The largest absolute Gasteiger partial charge is 0.341 e. The summed E-state index contributed by atoms with van der Waals surface area (Å²) in [5.74, 6) is 0.135. The zero-order valence-electron chi connectivity index (χ0n) is 10.4. The van der Waals surface area contributed by atoms with Gasteiger partial charge in [0.05, 0.1) is 0 Å². The van der Waals surface area contributed by atoms with Crippen LogP contribution in [-0.2, 0) is 11.3 Å². The molecule has 1 saturated heterocycles. The van der Waals surface area contributed by atoms with E-state index in [2.05, 4.69) is 10.4 Å². The first-order valence-corrected chi connectivity index (χ1v) is 5.71. The molecule has 1 aromatic rings. The lowest BCUT2D eigenvalue weighted by Gasteiger charge is -2.31. The van der Waals surface area contributed by atoms with E-state index < -0.39 is 0 Å². The summed E-state index contributed by atoms with van der Waals surface area (Å²) < 4.78 is 1.67. The van der Waals surface area contributed by atoms with Crippen LogP contribution < -0.4 is 5.32 Å². The molecule has 5 nitrogen and oxygen atoms in total. The van der Waals surface area contributed by atoms with Crippen LogP contribution >= 0.6 is 24.8 Å². The molecule has 0 saturated carbocycles. The van der Waals surface area contributed by atoms with Crippen LogP contribution in [0.25, 0.3) is 0 Å². The molecule has 0 bridgehead atoms. The van der Waals surface area contributed by atoms with Crippen molar-refractivity contribution in [1.29, 1.82) is 0 Å². The first-order chi connectivity index (χ1) is 7.77. The maximum Gasteiger partial charge on any atom is 0.244 e. The monoisotopic (exact) mass is 294 g/mol. The summed E-state index contributed by atoms with van der Waals surface area (Å²) in [4.78, 5) is 13.8. The van der Waals surface area contributed by atoms with Gasteiger partial charge in [0.25, 0.3) is 0 Å². The number of nitrogens with one attached hydrogen (secondary N) is 1. The number of hydrogen-bond acceptors (Lipinski definition) is 3. The van der Waals surface area contributed by atoms with Crippen LogP contribution in [0.4, 0.5) is 0 Å². The lowest BCUT2D eigenvalue weighted by Crippen LogP contribution is -2.45. The standard InChI is InChI=1S/C11H18N4O.2ClH/c1-14(10-3-6-12-7-4-10)11(16)9-15-8-2-5-13-15;;/h2,5,8,10,12H,3-4,6-7,9H2,1H3;2*1H. The van der Waals surface area contributed by atoms with Crippen molar-refractivity contribution in [3.63, 3.8) is 0 Å². The molecule has 0 spiro atoms. The molecule has 2 rings (SSSR count). The summed E-state index contributed by atoms with van der Waals surface area (Å²) in [5.41, 5.74) is 0. The van der Waals surface area contributed by atoms with Crippen molar-refractivity contribution in [2.45, 2.75) is 25.4 Å². The van der Waals surface area contributed by atoms with E-state index in [9.17, 15) is 4.79 Å². The normalized spacial score (nSPS) is 15.4. The summed E-state index contributed by atoms with van der Waals surface area (Å²) in [6, 6.07) is 2.21. The minimum Gasteiger partial charge on any atom is -0.341 e. The smallest absolute Gasteiger partial charge is 0.244 e. The summed E-state index contributed by atoms with van der Waals surface area (Å²) in [6.45, 7) is 2.35. The summed E-state index contributed by atoms with van der Waals surface area (Å²) >= 11 is 0. The number of rotatable bonds is 3. The van der Waals surface area contributed by atoms with Crippen LogP contribution in [0.3, 0.4) is 0 Å². The Labute approximate surface area is 120 Å². The zero-order chi connectivity index (χ0) is 11.4. The fourth-order valence-corrected chi connectivity index (χ4v) is 2.04. The molecule has 1 N–H and O–H groups in total. The van der Waals surface area contributed by atoms with Gasteiger partial charge in [-0.1, -0.05) is 0 Å². The number of nitrogens with zero attached hydrogens (tertiary/aromatic N) is 3. The molecule has 0 unspecified atom stereocenters. The number of piperidine rings is 1. The number of carbonyl (C=O) groups excluding carboxylic acids is 1. The molecule has 1 aliphatic heterocycles. The molecule has 104 valence electrons. The fourth-order valence-electron chi connectivity index (χ4n) is 2.04. The van der Waals surface area contributed by atoms with E-state index in [1.807, 2.05) is 24.2 Å². The topological polar surface area (TPSA) is 50.2 Å². The Morgan fingerprint density at radius 3 is 2.67 bits per heavy atom. The van der Waals surface area contributed by atoms with Crippen molar-refractivity contribution >= 4 is 30.7 Å². The molecule has 0 aliphatic carbocycles. The number of aromatic nitrogens is 2. The fraction of sp³-hybridized carbons (Fsp3) is 0.636. The maximum atomic E-state index is 12.0. The molecule has 1 aromatic heterocycles. The molecule has 18 heavy (non-hydrogen) atoms.